The minimum Gasteiger partial charge on any atom is -0.370 e. The van der Waals surface area contributed by atoms with Crippen molar-refractivity contribution in [3.05, 3.63) is 36.0 Å². The SMILES string of the molecule is CCCCN(CCCC)c1cc2ccccc2nc1C. The molecule has 0 saturated carbocycles. The van der Waals surface area contributed by atoms with Crippen LogP contribution in [0.2, 0.25) is 0 Å². The summed E-state index contributed by atoms with van der Waals surface area (Å²) in [7, 11) is 0. The maximum absolute atomic E-state index is 4.77. The molecule has 1 heterocycles. The molecule has 2 nitrogen and oxygen atoms in total. The smallest absolute Gasteiger partial charge is 0.0706 e. The molecule has 1 aromatic heterocycles. The van der Waals surface area contributed by atoms with Crippen molar-refractivity contribution in [1.29, 1.82) is 0 Å². The summed E-state index contributed by atoms with van der Waals surface area (Å²) < 4.78 is 0. The van der Waals surface area contributed by atoms with E-state index in [1.807, 2.05) is 0 Å². The number of nitrogens with zero attached hydrogens (tertiary/aromatic N) is 2. The van der Waals surface area contributed by atoms with Gasteiger partial charge in [0.05, 0.1) is 16.9 Å². The van der Waals surface area contributed by atoms with Crippen molar-refractivity contribution in [2.45, 2.75) is 46.5 Å². The van der Waals surface area contributed by atoms with E-state index >= 15 is 0 Å². The summed E-state index contributed by atoms with van der Waals surface area (Å²) in [5.74, 6) is 0. The van der Waals surface area contributed by atoms with Gasteiger partial charge in [-0.2, -0.15) is 0 Å². The summed E-state index contributed by atoms with van der Waals surface area (Å²) in [5.41, 5.74) is 3.56. The van der Waals surface area contributed by atoms with E-state index in [-0.39, 0.29) is 0 Å². The first-order chi connectivity index (χ1) is 9.76. The molecule has 2 heteroatoms. The van der Waals surface area contributed by atoms with E-state index in [1.54, 1.807) is 0 Å². The molecule has 0 aliphatic rings. The normalized spacial score (nSPS) is 10.9. The Morgan fingerprint density at radius 3 is 2.30 bits per heavy atom. The van der Waals surface area contributed by atoms with Gasteiger partial charge in [-0.3, -0.25) is 4.98 Å². The highest BCUT2D eigenvalue weighted by Gasteiger charge is 2.10. The number of pyridine rings is 1. The fourth-order valence-electron chi connectivity index (χ4n) is 2.57. The second-order valence-corrected chi connectivity index (χ2v) is 5.48. The van der Waals surface area contributed by atoms with Crippen molar-refractivity contribution in [2.75, 3.05) is 18.0 Å². The van der Waals surface area contributed by atoms with Crippen LogP contribution in [0.15, 0.2) is 30.3 Å². The Hall–Kier alpha value is -1.57. The minimum atomic E-state index is 1.10. The molecule has 2 aromatic rings. The lowest BCUT2D eigenvalue weighted by molar-refractivity contribution is 0.676. The molecule has 0 N–H and O–H groups in total. The van der Waals surface area contributed by atoms with Crippen LogP contribution in [-0.4, -0.2) is 18.1 Å². The van der Waals surface area contributed by atoms with E-state index in [2.05, 4.69) is 56.0 Å². The Morgan fingerprint density at radius 1 is 1.00 bits per heavy atom. The summed E-state index contributed by atoms with van der Waals surface area (Å²) in [4.78, 5) is 7.29. The van der Waals surface area contributed by atoms with Crippen LogP contribution in [0.5, 0.6) is 0 Å². The van der Waals surface area contributed by atoms with Gasteiger partial charge in [0, 0.05) is 18.5 Å². The highest BCUT2D eigenvalue weighted by molar-refractivity contribution is 5.82. The van der Waals surface area contributed by atoms with E-state index < -0.39 is 0 Å². The van der Waals surface area contributed by atoms with Crippen LogP contribution in [0, 0.1) is 6.92 Å². The van der Waals surface area contributed by atoms with E-state index in [9.17, 15) is 0 Å². The zero-order valence-electron chi connectivity index (χ0n) is 13.0. The summed E-state index contributed by atoms with van der Waals surface area (Å²) in [5, 5.41) is 1.24. The maximum Gasteiger partial charge on any atom is 0.0706 e. The standard InChI is InChI=1S/C18H26N2/c1-4-6-12-20(13-7-5-2)18-14-16-10-8-9-11-17(16)19-15(18)3/h8-11,14H,4-7,12-13H2,1-3H3. The molecule has 0 radical (unpaired) electrons. The van der Waals surface area contributed by atoms with Crippen LogP contribution in [0.3, 0.4) is 0 Å². The van der Waals surface area contributed by atoms with E-state index in [1.165, 1.54) is 36.8 Å². The van der Waals surface area contributed by atoms with Gasteiger partial charge in [0.1, 0.15) is 0 Å². The van der Waals surface area contributed by atoms with Crippen molar-refractivity contribution in [3.8, 4) is 0 Å². The first-order valence-electron chi connectivity index (χ1n) is 7.87. The summed E-state index contributed by atoms with van der Waals surface area (Å²) in [6, 6.07) is 10.7. The minimum absolute atomic E-state index is 1.10. The van der Waals surface area contributed by atoms with Gasteiger partial charge in [-0.05, 0) is 31.9 Å². The molecular formula is C18H26N2. The number of aryl methyl sites for hydroxylation is 1. The number of anilines is 1. The third kappa shape index (κ3) is 3.50. The summed E-state index contributed by atoms with van der Waals surface area (Å²) >= 11 is 0. The number of fused-ring (bicyclic) bond motifs is 1. The lowest BCUT2D eigenvalue weighted by Crippen LogP contribution is -2.26. The molecule has 0 fully saturated rings. The average Bonchev–Trinajstić information content (AvgIpc) is 2.47. The molecule has 0 aliphatic heterocycles. The number of aromatic nitrogens is 1. The van der Waals surface area contributed by atoms with Crippen LogP contribution >= 0.6 is 0 Å². The lowest BCUT2D eigenvalue weighted by Gasteiger charge is -2.26. The third-order valence-corrected chi connectivity index (χ3v) is 3.79. The van der Waals surface area contributed by atoms with E-state index in [0.717, 1.165) is 24.3 Å². The molecule has 0 aliphatic carbocycles. The number of unbranched alkanes of at least 4 members (excludes halogenated alkanes) is 2. The zero-order valence-corrected chi connectivity index (χ0v) is 13.0. The van der Waals surface area contributed by atoms with Gasteiger partial charge < -0.3 is 4.90 Å². The molecular weight excluding hydrogens is 244 g/mol. The van der Waals surface area contributed by atoms with Crippen LogP contribution in [0.25, 0.3) is 10.9 Å². The average molecular weight is 270 g/mol. The van der Waals surface area contributed by atoms with Crippen LogP contribution in [0.1, 0.15) is 45.2 Å². The first-order valence-corrected chi connectivity index (χ1v) is 7.87. The molecule has 2 rings (SSSR count). The molecule has 0 atom stereocenters. The Balaban J connectivity index is 2.32. The molecule has 108 valence electrons. The van der Waals surface area contributed by atoms with Gasteiger partial charge >= 0.3 is 0 Å². The molecule has 20 heavy (non-hydrogen) atoms. The second-order valence-electron chi connectivity index (χ2n) is 5.48. The molecule has 1 aromatic carbocycles. The number of rotatable bonds is 7. The molecule has 0 spiro atoms. The number of benzene rings is 1. The largest absolute Gasteiger partial charge is 0.370 e. The number of hydrogen-bond acceptors (Lipinski definition) is 2. The Morgan fingerprint density at radius 2 is 1.65 bits per heavy atom. The molecule has 0 amide bonds. The summed E-state index contributed by atoms with van der Waals surface area (Å²) in [6.45, 7) is 8.91. The van der Waals surface area contributed by atoms with Crippen molar-refractivity contribution >= 4 is 16.6 Å². The van der Waals surface area contributed by atoms with E-state index in [4.69, 9.17) is 4.98 Å². The Kier molecular flexibility index (Phi) is 5.40. The van der Waals surface area contributed by atoms with E-state index in [0.29, 0.717) is 0 Å². The highest BCUT2D eigenvalue weighted by Crippen LogP contribution is 2.24. The predicted octanol–water partition coefficient (Wildman–Crippen LogP) is 4.95. The number of para-hydroxylation sites is 1. The molecule has 0 bridgehead atoms. The van der Waals surface area contributed by atoms with Crippen LogP contribution < -0.4 is 4.90 Å². The van der Waals surface area contributed by atoms with Gasteiger partial charge in [-0.15, -0.1) is 0 Å². The first kappa shape index (κ1) is 14.8. The monoisotopic (exact) mass is 270 g/mol. The Labute approximate surface area is 122 Å². The zero-order chi connectivity index (χ0) is 14.4. The highest BCUT2D eigenvalue weighted by atomic mass is 15.1. The van der Waals surface area contributed by atoms with Gasteiger partial charge in [-0.1, -0.05) is 44.9 Å². The van der Waals surface area contributed by atoms with Crippen molar-refractivity contribution in [1.82, 2.24) is 4.98 Å². The van der Waals surface area contributed by atoms with Gasteiger partial charge in [0.15, 0.2) is 0 Å². The van der Waals surface area contributed by atoms with Crippen molar-refractivity contribution in [2.24, 2.45) is 0 Å². The van der Waals surface area contributed by atoms with Crippen molar-refractivity contribution < 1.29 is 0 Å². The van der Waals surface area contributed by atoms with Gasteiger partial charge in [0.25, 0.3) is 0 Å². The van der Waals surface area contributed by atoms with Gasteiger partial charge in [0.2, 0.25) is 0 Å². The fraction of sp³-hybridized carbons (Fsp3) is 0.500. The third-order valence-electron chi connectivity index (χ3n) is 3.79. The van der Waals surface area contributed by atoms with Crippen LogP contribution in [0.4, 0.5) is 5.69 Å². The van der Waals surface area contributed by atoms with Gasteiger partial charge in [-0.25, -0.2) is 0 Å². The lowest BCUT2D eigenvalue weighted by atomic mass is 10.1. The number of hydrogen-bond donors (Lipinski definition) is 0. The quantitative estimate of drug-likeness (QED) is 0.707. The maximum atomic E-state index is 4.77. The predicted molar refractivity (Wildman–Crippen MR) is 88.5 cm³/mol. The second kappa shape index (κ2) is 7.28. The molecule has 0 unspecified atom stereocenters. The Bertz CT molecular complexity index is 540. The summed E-state index contributed by atoms with van der Waals surface area (Å²) in [6.07, 6.45) is 4.97. The molecule has 0 saturated heterocycles. The van der Waals surface area contributed by atoms with Crippen LogP contribution in [-0.2, 0) is 0 Å². The fourth-order valence-corrected chi connectivity index (χ4v) is 2.57. The topological polar surface area (TPSA) is 16.1 Å². The van der Waals surface area contributed by atoms with Crippen molar-refractivity contribution in [3.63, 3.8) is 0 Å².